The zero-order valence-electron chi connectivity index (χ0n) is 17.3. The number of aryl methyl sites for hydroxylation is 1. The lowest BCUT2D eigenvalue weighted by Crippen LogP contribution is -2.64. The Hall–Kier alpha value is -2.40. The van der Waals surface area contributed by atoms with Gasteiger partial charge in [-0.2, -0.15) is 0 Å². The van der Waals surface area contributed by atoms with Gasteiger partial charge < -0.3 is 5.32 Å². The van der Waals surface area contributed by atoms with E-state index in [1.807, 2.05) is 24.3 Å². The van der Waals surface area contributed by atoms with Crippen LogP contribution in [0.5, 0.6) is 0 Å². The second kappa shape index (κ2) is 6.55. The molecule has 4 saturated carbocycles. The van der Waals surface area contributed by atoms with Crippen molar-refractivity contribution >= 4 is 32.7 Å². The van der Waals surface area contributed by atoms with Gasteiger partial charge in [0.2, 0.25) is 0 Å². The maximum absolute atomic E-state index is 13.0. The predicted molar refractivity (Wildman–Crippen MR) is 122 cm³/mol. The Morgan fingerprint density at radius 3 is 2.50 bits per heavy atom. The number of para-hydroxylation sites is 1. The van der Waals surface area contributed by atoms with Crippen LogP contribution >= 0.6 is 11.3 Å². The van der Waals surface area contributed by atoms with Crippen LogP contribution in [-0.2, 0) is 5.41 Å². The molecule has 3 aromatic rings. The minimum Gasteiger partial charge on any atom is -0.332 e. The minimum atomic E-state index is -0.102. The topological polar surface area (TPSA) is 54.0 Å². The molecule has 2 amide bonds. The molecule has 4 fully saturated rings. The average Bonchev–Trinajstić information content (AvgIpc) is 3.08. The number of anilines is 1. The van der Waals surface area contributed by atoms with E-state index in [-0.39, 0.29) is 17.0 Å². The molecule has 0 unspecified atom stereocenters. The van der Waals surface area contributed by atoms with Crippen LogP contribution in [0.3, 0.4) is 0 Å². The highest BCUT2D eigenvalue weighted by Gasteiger charge is 2.58. The smallest absolute Gasteiger partial charge is 0.321 e. The summed E-state index contributed by atoms with van der Waals surface area (Å²) in [4.78, 5) is 17.6. The number of hydrogen-bond acceptors (Lipinski definition) is 3. The summed E-state index contributed by atoms with van der Waals surface area (Å²) in [5, 5.41) is 7.14. The minimum absolute atomic E-state index is 0.0876. The van der Waals surface area contributed by atoms with Gasteiger partial charge in [-0.05, 0) is 80.4 Å². The molecule has 2 aromatic carbocycles. The van der Waals surface area contributed by atoms with Gasteiger partial charge in [-0.15, -0.1) is 0 Å². The molecule has 1 aromatic heterocycles. The quantitative estimate of drug-likeness (QED) is 0.548. The van der Waals surface area contributed by atoms with Gasteiger partial charge in [0.25, 0.3) is 0 Å². The van der Waals surface area contributed by atoms with E-state index < -0.39 is 0 Å². The fourth-order valence-electron chi connectivity index (χ4n) is 6.95. The lowest BCUT2D eigenvalue weighted by molar-refractivity contribution is -0.0343. The number of nitrogens with one attached hydrogen (secondary N) is 2. The van der Waals surface area contributed by atoms with Gasteiger partial charge in [-0.1, -0.05) is 53.3 Å². The van der Waals surface area contributed by atoms with Crippen molar-refractivity contribution in [2.45, 2.75) is 56.4 Å². The fourth-order valence-corrected chi connectivity index (χ4v) is 7.81. The lowest BCUT2D eigenvalue weighted by atomic mass is 9.45. The van der Waals surface area contributed by atoms with Gasteiger partial charge in [0, 0.05) is 5.54 Å². The van der Waals surface area contributed by atoms with Crippen LogP contribution in [0.15, 0.2) is 48.5 Å². The number of fused-ring (bicyclic) bond motifs is 1. The number of thiazole rings is 1. The molecule has 7 rings (SSSR count). The standard InChI is InChI=1S/C25H27N3OS/c1-16-6-8-19(9-7-16)24-11-17-10-18(12-24)14-25(13-17,15-24)28-22(29)27-23-26-20-4-2-3-5-21(20)30-23/h2-9,17-18H,10-15H2,1H3,(H2,26,27,28,29)/t17-,18-,24?,25?/m0/s1. The number of amides is 2. The molecule has 4 aliphatic carbocycles. The Morgan fingerprint density at radius 2 is 1.77 bits per heavy atom. The zero-order valence-corrected chi connectivity index (χ0v) is 18.1. The van der Waals surface area contributed by atoms with Crippen molar-refractivity contribution in [2.24, 2.45) is 11.8 Å². The Morgan fingerprint density at radius 1 is 1.03 bits per heavy atom. The Kier molecular flexibility index (Phi) is 4.01. The highest BCUT2D eigenvalue weighted by atomic mass is 32.1. The maximum Gasteiger partial charge on any atom is 0.321 e. The number of benzene rings is 2. The van der Waals surface area contributed by atoms with Crippen LogP contribution in [0.4, 0.5) is 9.93 Å². The van der Waals surface area contributed by atoms with Gasteiger partial charge in [0.1, 0.15) is 0 Å². The van der Waals surface area contributed by atoms with Crippen LogP contribution in [-0.4, -0.2) is 16.6 Å². The van der Waals surface area contributed by atoms with Crippen LogP contribution in [0.2, 0.25) is 0 Å². The first kappa shape index (κ1) is 18.4. The van der Waals surface area contributed by atoms with Gasteiger partial charge in [-0.3, -0.25) is 5.32 Å². The van der Waals surface area contributed by atoms with Crippen LogP contribution in [0.1, 0.15) is 49.7 Å². The first-order valence-corrected chi connectivity index (χ1v) is 11.8. The number of carbonyl (C=O) groups is 1. The molecule has 0 saturated heterocycles. The molecule has 4 aliphatic rings. The van der Waals surface area contributed by atoms with Crippen molar-refractivity contribution in [2.75, 3.05) is 5.32 Å². The highest BCUT2D eigenvalue weighted by molar-refractivity contribution is 7.22. The Bertz CT molecular complexity index is 1070. The molecule has 4 nitrogen and oxygen atoms in total. The second-order valence-corrected chi connectivity index (χ2v) is 11.0. The summed E-state index contributed by atoms with van der Waals surface area (Å²) in [6, 6.07) is 17.1. The molecule has 30 heavy (non-hydrogen) atoms. The molecular weight excluding hydrogens is 390 g/mol. The summed E-state index contributed by atoms with van der Waals surface area (Å²) in [6.07, 6.45) is 7.17. The molecule has 1 heterocycles. The number of carbonyl (C=O) groups excluding carboxylic acids is 1. The van der Waals surface area contributed by atoms with Gasteiger partial charge in [-0.25, -0.2) is 9.78 Å². The number of nitrogens with zero attached hydrogens (tertiary/aromatic N) is 1. The van der Waals surface area contributed by atoms with Crippen molar-refractivity contribution in [3.8, 4) is 0 Å². The van der Waals surface area contributed by atoms with Crippen LogP contribution in [0, 0.1) is 18.8 Å². The van der Waals surface area contributed by atoms with Crippen LogP contribution in [0.25, 0.3) is 10.2 Å². The predicted octanol–water partition coefficient (Wildman–Crippen LogP) is 6.02. The summed E-state index contributed by atoms with van der Waals surface area (Å²) < 4.78 is 1.10. The molecule has 2 N–H and O–H groups in total. The van der Waals surface area contributed by atoms with E-state index >= 15 is 0 Å². The summed E-state index contributed by atoms with van der Waals surface area (Å²) in [5.41, 5.74) is 3.86. The summed E-state index contributed by atoms with van der Waals surface area (Å²) in [5.74, 6) is 1.44. The maximum atomic E-state index is 13.0. The summed E-state index contributed by atoms with van der Waals surface area (Å²) >= 11 is 1.53. The molecule has 154 valence electrons. The number of aromatic nitrogens is 1. The van der Waals surface area contributed by atoms with Crippen molar-refractivity contribution in [3.05, 3.63) is 59.7 Å². The van der Waals surface area contributed by atoms with E-state index in [1.54, 1.807) is 0 Å². The van der Waals surface area contributed by atoms with E-state index in [9.17, 15) is 4.79 Å². The van der Waals surface area contributed by atoms with E-state index in [2.05, 4.69) is 46.8 Å². The fraction of sp³-hybridized carbons (Fsp3) is 0.440. The van der Waals surface area contributed by atoms with Gasteiger partial charge >= 0.3 is 6.03 Å². The van der Waals surface area contributed by atoms with E-state index in [0.717, 1.165) is 41.3 Å². The summed E-state index contributed by atoms with van der Waals surface area (Å²) in [7, 11) is 0. The highest BCUT2D eigenvalue weighted by Crippen LogP contribution is 2.62. The lowest BCUT2D eigenvalue weighted by Gasteiger charge is -2.62. The van der Waals surface area contributed by atoms with E-state index in [1.165, 1.54) is 41.7 Å². The zero-order chi connectivity index (χ0) is 20.3. The van der Waals surface area contributed by atoms with Crippen molar-refractivity contribution in [1.29, 1.82) is 0 Å². The first-order valence-electron chi connectivity index (χ1n) is 11.0. The Labute approximate surface area is 181 Å². The molecule has 0 radical (unpaired) electrons. The third-order valence-corrected chi connectivity index (χ3v) is 8.57. The Balaban J connectivity index is 1.25. The number of urea groups is 1. The van der Waals surface area contributed by atoms with Crippen LogP contribution < -0.4 is 10.6 Å². The average molecular weight is 418 g/mol. The first-order chi connectivity index (χ1) is 14.5. The second-order valence-electron chi connectivity index (χ2n) is 9.95. The van der Waals surface area contributed by atoms with E-state index in [4.69, 9.17) is 0 Å². The molecule has 5 heteroatoms. The van der Waals surface area contributed by atoms with Gasteiger partial charge in [0.05, 0.1) is 10.2 Å². The molecule has 4 bridgehead atoms. The van der Waals surface area contributed by atoms with Crippen molar-refractivity contribution in [3.63, 3.8) is 0 Å². The summed E-state index contributed by atoms with van der Waals surface area (Å²) in [6.45, 7) is 2.15. The molecule has 0 spiro atoms. The normalized spacial score (nSPS) is 31.8. The van der Waals surface area contributed by atoms with Gasteiger partial charge in [0.15, 0.2) is 5.13 Å². The largest absolute Gasteiger partial charge is 0.332 e. The molecule has 0 aliphatic heterocycles. The molecular formula is C25H27N3OS. The van der Waals surface area contributed by atoms with Crippen molar-refractivity contribution in [1.82, 2.24) is 10.3 Å². The van der Waals surface area contributed by atoms with E-state index in [0.29, 0.717) is 5.13 Å². The number of rotatable bonds is 3. The van der Waals surface area contributed by atoms with Crippen molar-refractivity contribution < 1.29 is 4.79 Å². The third-order valence-electron chi connectivity index (χ3n) is 7.62. The molecule has 2 atom stereocenters. The third kappa shape index (κ3) is 3.02. The monoisotopic (exact) mass is 417 g/mol. The number of hydrogen-bond donors (Lipinski definition) is 2. The SMILES string of the molecule is Cc1ccc(C23C[C@@H]4C[C@H](CC(NC(=O)Nc5nc6ccccc6s5)(C4)C2)C3)cc1.